The number of hydrogen-bond donors (Lipinski definition) is 1. The molecule has 1 rings (SSSR count). The monoisotopic (exact) mass is 293 g/mol. The molecule has 0 aliphatic rings. The molecular formula is C15H21O4Si. The molecule has 0 aromatic heterocycles. The Morgan fingerprint density at radius 1 is 1.20 bits per heavy atom. The van der Waals surface area contributed by atoms with Gasteiger partial charge in [0.1, 0.15) is 11.3 Å². The molecule has 0 unspecified atom stereocenters. The summed E-state index contributed by atoms with van der Waals surface area (Å²) >= 11 is 0. The minimum absolute atomic E-state index is 0.0637. The van der Waals surface area contributed by atoms with Gasteiger partial charge in [-0.3, -0.25) is 4.79 Å². The molecule has 0 saturated carbocycles. The number of rotatable bonds is 3. The summed E-state index contributed by atoms with van der Waals surface area (Å²) < 4.78 is 5.17. The van der Waals surface area contributed by atoms with Crippen LogP contribution in [0.2, 0.25) is 13.1 Å². The van der Waals surface area contributed by atoms with E-state index in [2.05, 4.69) is 0 Å². The predicted molar refractivity (Wildman–Crippen MR) is 80.5 cm³/mol. The summed E-state index contributed by atoms with van der Waals surface area (Å²) in [7, 11) is -0.964. The smallest absolute Gasteiger partial charge is 0.339 e. The van der Waals surface area contributed by atoms with E-state index in [9.17, 15) is 14.7 Å². The average molecular weight is 293 g/mol. The van der Waals surface area contributed by atoms with Crippen LogP contribution in [-0.4, -0.2) is 25.8 Å². The lowest BCUT2D eigenvalue weighted by Gasteiger charge is -2.23. The first-order chi connectivity index (χ1) is 9.04. The standard InChI is InChI=1S/C15H21O4Si/c1-9(16)19-13-11(14(17)18)7-10(15(2,3)4)8-12(13)20(5)6/h7-8H,1-6H3,(H,17,18). The highest BCUT2D eigenvalue weighted by molar-refractivity contribution is 6.71. The molecule has 0 aliphatic carbocycles. The van der Waals surface area contributed by atoms with E-state index < -0.39 is 20.7 Å². The molecule has 20 heavy (non-hydrogen) atoms. The Labute approximate surface area is 121 Å². The maximum atomic E-state index is 11.5. The molecule has 0 spiro atoms. The van der Waals surface area contributed by atoms with Crippen molar-refractivity contribution in [2.75, 3.05) is 0 Å². The number of esters is 1. The number of carbonyl (C=O) groups is 2. The summed E-state index contributed by atoms with van der Waals surface area (Å²) in [5.74, 6) is -1.37. The van der Waals surface area contributed by atoms with E-state index in [0.29, 0.717) is 0 Å². The molecule has 1 aromatic rings. The van der Waals surface area contributed by atoms with Gasteiger partial charge in [0.05, 0.1) is 8.80 Å². The number of aromatic carboxylic acids is 1. The van der Waals surface area contributed by atoms with E-state index >= 15 is 0 Å². The molecule has 4 nitrogen and oxygen atoms in total. The molecule has 0 bridgehead atoms. The molecule has 5 heteroatoms. The van der Waals surface area contributed by atoms with Crippen LogP contribution in [-0.2, 0) is 10.2 Å². The summed E-state index contributed by atoms with van der Waals surface area (Å²) in [4.78, 5) is 22.7. The molecule has 0 aliphatic heterocycles. The molecule has 0 fully saturated rings. The molecular weight excluding hydrogens is 272 g/mol. The van der Waals surface area contributed by atoms with E-state index in [-0.39, 0.29) is 16.7 Å². The van der Waals surface area contributed by atoms with Crippen molar-refractivity contribution in [1.82, 2.24) is 0 Å². The summed E-state index contributed by atoms with van der Waals surface area (Å²) in [6.45, 7) is 11.5. The van der Waals surface area contributed by atoms with Gasteiger partial charge in [0.15, 0.2) is 0 Å². The number of benzene rings is 1. The molecule has 1 N–H and O–H groups in total. The van der Waals surface area contributed by atoms with Crippen molar-refractivity contribution in [1.29, 1.82) is 0 Å². The minimum Gasteiger partial charge on any atom is -0.478 e. The molecule has 1 radical (unpaired) electrons. The van der Waals surface area contributed by atoms with Crippen molar-refractivity contribution in [3.63, 3.8) is 0 Å². The fourth-order valence-electron chi connectivity index (χ4n) is 1.85. The Bertz CT molecular complexity index is 542. The van der Waals surface area contributed by atoms with Gasteiger partial charge in [-0.2, -0.15) is 0 Å². The first-order valence-electron chi connectivity index (χ1n) is 6.44. The SMILES string of the molecule is CC(=O)Oc1c(C(=O)O)cc(C(C)(C)C)cc1[Si](C)C. The van der Waals surface area contributed by atoms with Crippen LogP contribution in [0.1, 0.15) is 43.6 Å². The molecule has 0 saturated heterocycles. The van der Waals surface area contributed by atoms with Gasteiger partial charge in [-0.05, 0) is 22.2 Å². The van der Waals surface area contributed by atoms with Crippen LogP contribution in [0.15, 0.2) is 12.1 Å². The van der Waals surface area contributed by atoms with Gasteiger partial charge in [-0.15, -0.1) is 0 Å². The Morgan fingerprint density at radius 2 is 1.75 bits per heavy atom. The quantitative estimate of drug-likeness (QED) is 0.528. The highest BCUT2D eigenvalue weighted by atomic mass is 28.3. The second kappa shape index (κ2) is 5.79. The zero-order valence-corrected chi connectivity index (χ0v) is 13.8. The number of ether oxygens (including phenoxy) is 1. The Morgan fingerprint density at radius 3 is 2.10 bits per heavy atom. The number of carbonyl (C=O) groups excluding carboxylic acids is 1. The van der Waals surface area contributed by atoms with Crippen LogP contribution in [0.5, 0.6) is 5.75 Å². The fraction of sp³-hybridized carbons (Fsp3) is 0.467. The third-order valence-corrected chi connectivity index (χ3v) is 4.42. The van der Waals surface area contributed by atoms with Crippen LogP contribution in [0, 0.1) is 0 Å². The number of carboxylic acids is 1. The van der Waals surface area contributed by atoms with E-state index in [0.717, 1.165) is 10.8 Å². The summed E-state index contributed by atoms with van der Waals surface area (Å²) in [5, 5.41) is 10.2. The van der Waals surface area contributed by atoms with E-state index in [4.69, 9.17) is 4.74 Å². The number of hydrogen-bond acceptors (Lipinski definition) is 3. The second-order valence-electron chi connectivity index (χ2n) is 6.05. The third-order valence-electron chi connectivity index (χ3n) is 2.97. The van der Waals surface area contributed by atoms with Crippen molar-refractivity contribution in [2.24, 2.45) is 0 Å². The van der Waals surface area contributed by atoms with Crippen molar-refractivity contribution < 1.29 is 19.4 Å². The molecule has 0 atom stereocenters. The first kappa shape index (κ1) is 16.4. The first-order valence-corrected chi connectivity index (χ1v) is 8.94. The van der Waals surface area contributed by atoms with Crippen molar-refractivity contribution in [3.05, 3.63) is 23.3 Å². The number of carboxylic acid groups (broad SMARTS) is 1. The summed E-state index contributed by atoms with van der Waals surface area (Å²) in [5.41, 5.74) is 0.839. The highest BCUT2D eigenvalue weighted by Gasteiger charge is 2.25. The topological polar surface area (TPSA) is 63.6 Å². The van der Waals surface area contributed by atoms with Crippen LogP contribution in [0.4, 0.5) is 0 Å². The predicted octanol–water partition coefficient (Wildman–Crippen LogP) is 2.57. The van der Waals surface area contributed by atoms with Crippen LogP contribution < -0.4 is 9.92 Å². The average Bonchev–Trinajstić information content (AvgIpc) is 2.25. The maximum Gasteiger partial charge on any atom is 0.339 e. The summed E-state index contributed by atoms with van der Waals surface area (Å²) in [6.07, 6.45) is 0. The molecule has 0 amide bonds. The van der Waals surface area contributed by atoms with Crippen LogP contribution in [0.3, 0.4) is 0 Å². The molecule has 0 heterocycles. The van der Waals surface area contributed by atoms with Crippen LogP contribution >= 0.6 is 0 Å². The van der Waals surface area contributed by atoms with Gasteiger partial charge >= 0.3 is 11.9 Å². The van der Waals surface area contributed by atoms with E-state index in [1.807, 2.05) is 39.9 Å². The Kier molecular flexibility index (Phi) is 4.75. The highest BCUT2D eigenvalue weighted by Crippen LogP contribution is 2.27. The zero-order chi connectivity index (χ0) is 15.7. The maximum absolute atomic E-state index is 11.5. The minimum atomic E-state index is -1.07. The molecule has 109 valence electrons. The van der Waals surface area contributed by atoms with Gasteiger partial charge in [0.2, 0.25) is 0 Å². The van der Waals surface area contributed by atoms with Crippen molar-refractivity contribution in [3.8, 4) is 5.75 Å². The van der Waals surface area contributed by atoms with Gasteiger partial charge < -0.3 is 9.84 Å². The lowest BCUT2D eigenvalue weighted by atomic mass is 9.86. The fourth-order valence-corrected chi connectivity index (χ4v) is 2.93. The molecule has 1 aromatic carbocycles. The van der Waals surface area contributed by atoms with E-state index in [1.54, 1.807) is 6.07 Å². The lowest BCUT2D eigenvalue weighted by molar-refractivity contribution is -0.131. The van der Waals surface area contributed by atoms with E-state index in [1.165, 1.54) is 6.92 Å². The van der Waals surface area contributed by atoms with Crippen molar-refractivity contribution >= 4 is 25.9 Å². The normalized spacial score (nSPS) is 11.6. The Balaban J connectivity index is 3.63. The van der Waals surface area contributed by atoms with Gasteiger partial charge in [-0.1, -0.05) is 39.9 Å². The lowest BCUT2D eigenvalue weighted by Crippen LogP contribution is -2.30. The van der Waals surface area contributed by atoms with Gasteiger partial charge in [0.25, 0.3) is 0 Å². The summed E-state index contributed by atoms with van der Waals surface area (Å²) in [6, 6.07) is 3.58. The zero-order valence-electron chi connectivity index (χ0n) is 12.8. The van der Waals surface area contributed by atoms with Crippen LogP contribution in [0.25, 0.3) is 0 Å². The third kappa shape index (κ3) is 3.69. The van der Waals surface area contributed by atoms with Crippen molar-refractivity contribution in [2.45, 2.75) is 46.2 Å². The largest absolute Gasteiger partial charge is 0.478 e. The second-order valence-corrected chi connectivity index (χ2v) is 8.59. The Hall–Kier alpha value is -1.62. The van der Waals surface area contributed by atoms with Gasteiger partial charge in [0, 0.05) is 6.92 Å². The van der Waals surface area contributed by atoms with Gasteiger partial charge in [-0.25, -0.2) is 4.79 Å².